The van der Waals surface area contributed by atoms with E-state index in [-0.39, 0.29) is 33.8 Å². The summed E-state index contributed by atoms with van der Waals surface area (Å²) in [6.45, 7) is 15.6. The maximum Gasteiger partial charge on any atom is 0.270 e. The highest BCUT2D eigenvalue weighted by molar-refractivity contribution is 7.39. The van der Waals surface area contributed by atoms with Gasteiger partial charge < -0.3 is 0 Å². The van der Waals surface area contributed by atoms with Gasteiger partial charge in [-0.2, -0.15) is 0 Å². The largest absolute Gasteiger partial charge is 0.289 e. The van der Waals surface area contributed by atoms with Crippen LogP contribution in [0.1, 0.15) is 111 Å². The molecule has 3 aromatic heterocycles. The Labute approximate surface area is 353 Å². The molecule has 59 heavy (non-hydrogen) atoms. The number of rotatable bonds is 2. The first kappa shape index (κ1) is 35.9. The van der Waals surface area contributed by atoms with Crippen LogP contribution in [-0.2, 0) is 5.41 Å². The predicted molar refractivity (Wildman–Crippen MR) is 236 cm³/mol. The van der Waals surface area contributed by atoms with Crippen LogP contribution in [0.3, 0.4) is 0 Å². The van der Waals surface area contributed by atoms with Crippen LogP contribution >= 0.6 is 34.0 Å². The van der Waals surface area contributed by atoms with E-state index in [1.807, 2.05) is 71.2 Å². The standard InChI is InChI=1S/C50H32N4O2S3/c1-53-36(25-51)39-29-13-5-7-15-31(29)43(55)33(39)21-27-22-35-41(49(27)17-9-3-10-18-49)46-42(50(35)19-11-4-12-20-50)47-48(59-46)45-38(58-47)24-28(57-45)23-34-40(37(26-52)54-2)30-14-6-8-16-32(30)44(34)56/h5-8,13-16,21-24H,3-4,9-12,17-20H2/b33-21-,34-23+,39-36+,40-37?. The molecule has 2 spiro atoms. The van der Waals surface area contributed by atoms with Gasteiger partial charge in [-0.25, -0.2) is 20.2 Å². The van der Waals surface area contributed by atoms with E-state index >= 15 is 0 Å². The first-order valence-corrected chi connectivity index (χ1v) is 22.6. The monoisotopic (exact) mass is 816 g/mol. The van der Waals surface area contributed by atoms with E-state index in [2.05, 4.69) is 34.0 Å². The molecule has 2 aromatic carbocycles. The Morgan fingerprint density at radius 3 is 1.76 bits per heavy atom. The summed E-state index contributed by atoms with van der Waals surface area (Å²) in [6.07, 6.45) is 17.4. The van der Waals surface area contributed by atoms with Gasteiger partial charge in [0.2, 0.25) is 0 Å². The predicted octanol–water partition coefficient (Wildman–Crippen LogP) is 13.4. The van der Waals surface area contributed by atoms with Crippen molar-refractivity contribution in [2.24, 2.45) is 5.41 Å². The number of Topliss-reactive ketones (excluding diaryl/α,β-unsaturated/α-hetero) is 2. The molecule has 3 heterocycles. The van der Waals surface area contributed by atoms with Gasteiger partial charge in [0.1, 0.15) is 0 Å². The number of allylic oxidation sites excluding steroid dienone is 11. The first-order valence-electron chi connectivity index (χ1n) is 20.1. The maximum atomic E-state index is 14.2. The maximum absolute atomic E-state index is 14.2. The number of benzene rings is 2. The molecular weight excluding hydrogens is 785 g/mol. The van der Waals surface area contributed by atoms with Crippen molar-refractivity contribution in [3.05, 3.63) is 161 Å². The Morgan fingerprint density at radius 1 is 0.661 bits per heavy atom. The molecule has 9 heteroatoms. The highest BCUT2D eigenvalue weighted by atomic mass is 32.1. The minimum atomic E-state index is -0.263. The summed E-state index contributed by atoms with van der Waals surface area (Å²) in [7, 11) is 0. The molecule has 0 radical (unpaired) electrons. The van der Waals surface area contributed by atoms with Gasteiger partial charge in [-0.3, -0.25) is 9.59 Å². The smallest absolute Gasteiger partial charge is 0.270 e. The average Bonchev–Trinajstić information content (AvgIpc) is 4.12. The van der Waals surface area contributed by atoms with Gasteiger partial charge in [-0.15, -0.1) is 34.0 Å². The molecule has 2 saturated carbocycles. The zero-order valence-corrected chi connectivity index (χ0v) is 34.3. The summed E-state index contributed by atoms with van der Waals surface area (Å²) in [5, 5.41) is 20.0. The molecule has 0 saturated heterocycles. The van der Waals surface area contributed by atoms with E-state index in [9.17, 15) is 20.1 Å². The highest BCUT2D eigenvalue weighted by Gasteiger charge is 2.56. The Kier molecular flexibility index (Phi) is 8.01. The molecule has 282 valence electrons. The fourth-order valence-corrected chi connectivity index (χ4v) is 15.8. The number of hydrogen-bond donors (Lipinski definition) is 0. The van der Waals surface area contributed by atoms with Crippen LogP contribution in [0.5, 0.6) is 0 Å². The van der Waals surface area contributed by atoms with E-state index in [0.29, 0.717) is 44.5 Å². The number of carbonyl (C=O) groups is 2. The molecule has 5 aromatic rings. The second-order valence-electron chi connectivity index (χ2n) is 16.3. The topological polar surface area (TPSA) is 90.4 Å². The van der Waals surface area contributed by atoms with Crippen LogP contribution < -0.4 is 0 Å². The third-order valence-corrected chi connectivity index (χ3v) is 17.5. The molecule has 11 rings (SSSR count). The zero-order chi connectivity index (χ0) is 40.2. The van der Waals surface area contributed by atoms with E-state index in [1.54, 1.807) is 23.5 Å². The van der Waals surface area contributed by atoms with Gasteiger partial charge in [0, 0.05) is 58.7 Å². The zero-order valence-electron chi connectivity index (χ0n) is 31.8. The van der Waals surface area contributed by atoms with Crippen LogP contribution in [0.2, 0.25) is 0 Å². The lowest BCUT2D eigenvalue weighted by Gasteiger charge is -2.38. The van der Waals surface area contributed by atoms with Crippen LogP contribution in [0, 0.1) is 41.2 Å². The number of hydrogen-bond acceptors (Lipinski definition) is 7. The van der Waals surface area contributed by atoms with Gasteiger partial charge in [0.15, 0.2) is 11.6 Å². The van der Waals surface area contributed by atoms with Crippen LogP contribution in [-0.4, -0.2) is 11.6 Å². The Bertz CT molecular complexity index is 3170. The van der Waals surface area contributed by atoms with Crippen molar-refractivity contribution >= 4 is 87.2 Å². The van der Waals surface area contributed by atoms with E-state index in [1.165, 1.54) is 53.2 Å². The SMILES string of the molecule is [C-]#[N+]C(C#N)=C1/C(=C\c2cc3sc4c5c(sc4c3s2)C2=C(C=C(/C=C3\C(=O)c4ccccc4\C3=C(\C#N)[N+]#[C-])C23CCCCC3)C52CCCCC2)C(=O)c2ccccc21. The lowest BCUT2D eigenvalue weighted by molar-refractivity contribution is 0.103. The van der Waals surface area contributed by atoms with Crippen molar-refractivity contribution in [1.29, 1.82) is 10.5 Å². The molecule has 0 bridgehead atoms. The number of ketones is 2. The molecule has 0 aliphatic heterocycles. The summed E-state index contributed by atoms with van der Waals surface area (Å²) in [4.78, 5) is 37.4. The number of fused-ring (bicyclic) bond motifs is 11. The van der Waals surface area contributed by atoms with E-state index in [0.717, 1.165) is 61.8 Å². The molecule has 6 aliphatic rings. The Balaban J connectivity index is 1.08. The van der Waals surface area contributed by atoms with Gasteiger partial charge in [0.05, 0.1) is 39.4 Å². The molecule has 6 aliphatic carbocycles. The highest BCUT2D eigenvalue weighted by Crippen LogP contribution is 2.71. The summed E-state index contributed by atoms with van der Waals surface area (Å²) in [6, 6.07) is 20.9. The number of nitriles is 2. The molecule has 2 fully saturated rings. The normalized spacial score (nSPS) is 22.7. The van der Waals surface area contributed by atoms with Crippen molar-refractivity contribution < 1.29 is 9.59 Å². The van der Waals surface area contributed by atoms with Crippen LogP contribution in [0.25, 0.3) is 51.3 Å². The third kappa shape index (κ3) is 4.79. The average molecular weight is 817 g/mol. The minimum Gasteiger partial charge on any atom is -0.289 e. The number of nitrogens with zero attached hydrogens (tertiary/aromatic N) is 4. The summed E-state index contributed by atoms with van der Waals surface area (Å²) < 4.78 is 5.05. The van der Waals surface area contributed by atoms with Crippen molar-refractivity contribution in [1.82, 2.24) is 0 Å². The van der Waals surface area contributed by atoms with Crippen molar-refractivity contribution in [3.8, 4) is 12.1 Å². The summed E-state index contributed by atoms with van der Waals surface area (Å²) in [5.74, 6) is -0.283. The van der Waals surface area contributed by atoms with Gasteiger partial charge in [-0.05, 0) is 77.3 Å². The lowest BCUT2D eigenvalue weighted by Crippen LogP contribution is -2.28. The molecule has 0 amide bonds. The van der Waals surface area contributed by atoms with Crippen molar-refractivity contribution in [2.75, 3.05) is 0 Å². The molecule has 0 atom stereocenters. The molecule has 0 N–H and O–H groups in total. The fraction of sp³-hybridized carbons (Fsp3) is 0.240. The van der Waals surface area contributed by atoms with Crippen molar-refractivity contribution in [3.63, 3.8) is 0 Å². The first-order chi connectivity index (χ1) is 28.9. The quantitative estimate of drug-likeness (QED) is 0.101. The number of thiophene rings is 3. The van der Waals surface area contributed by atoms with Crippen LogP contribution in [0.4, 0.5) is 0 Å². The second-order valence-corrected chi connectivity index (χ2v) is 19.5. The molecular formula is C50H32N4O2S3. The Morgan fingerprint density at radius 2 is 1.20 bits per heavy atom. The van der Waals surface area contributed by atoms with Crippen LogP contribution in [0.15, 0.2) is 100 Å². The number of carbonyl (C=O) groups excluding carboxylic acids is 2. The third-order valence-electron chi connectivity index (χ3n) is 13.6. The Hall–Kier alpha value is -6.20. The van der Waals surface area contributed by atoms with Crippen molar-refractivity contribution in [2.45, 2.75) is 69.6 Å². The summed E-state index contributed by atoms with van der Waals surface area (Å²) in [5.41, 5.74) is 9.14. The van der Waals surface area contributed by atoms with Gasteiger partial charge in [0.25, 0.3) is 11.4 Å². The minimum absolute atomic E-state index is 0.0446. The van der Waals surface area contributed by atoms with Gasteiger partial charge in [-0.1, -0.05) is 93.1 Å². The fourth-order valence-electron chi connectivity index (χ4n) is 11.2. The summed E-state index contributed by atoms with van der Waals surface area (Å²) >= 11 is 5.44. The molecule has 6 nitrogen and oxygen atoms in total. The second kappa shape index (κ2) is 13.2. The van der Waals surface area contributed by atoms with E-state index in [4.69, 9.17) is 13.1 Å². The lowest BCUT2D eigenvalue weighted by atomic mass is 9.66. The van der Waals surface area contributed by atoms with E-state index < -0.39 is 0 Å². The molecule has 0 unspecified atom stereocenters. The van der Waals surface area contributed by atoms with Gasteiger partial charge >= 0.3 is 0 Å².